The second-order valence-corrected chi connectivity index (χ2v) is 6.89. The molecule has 1 aliphatic carbocycles. The lowest BCUT2D eigenvalue weighted by atomic mass is 9.81. The number of rotatable bonds is 6. The largest absolute Gasteiger partial charge is 0.466 e. The molecular formula is C19H26O7. The van der Waals surface area contributed by atoms with Gasteiger partial charge in [0, 0.05) is 31.8 Å². The van der Waals surface area contributed by atoms with Crippen LogP contribution in [0.5, 0.6) is 0 Å². The molecule has 4 atom stereocenters. The number of hydrogen-bond acceptors (Lipinski definition) is 7. The van der Waals surface area contributed by atoms with Crippen molar-refractivity contribution in [2.45, 2.75) is 52.7 Å². The molecular weight excluding hydrogens is 340 g/mol. The minimum atomic E-state index is -0.478. The van der Waals surface area contributed by atoms with Crippen molar-refractivity contribution < 1.29 is 33.7 Å². The van der Waals surface area contributed by atoms with Gasteiger partial charge in [0.05, 0.1) is 18.8 Å². The molecule has 0 aromatic carbocycles. The molecule has 1 N–H and O–H groups in total. The van der Waals surface area contributed by atoms with Crippen LogP contribution in [-0.2, 0) is 28.6 Å². The lowest BCUT2D eigenvalue weighted by molar-refractivity contribution is -0.151. The number of ether oxygens (including phenoxy) is 3. The molecule has 0 unspecified atom stereocenters. The van der Waals surface area contributed by atoms with E-state index in [4.69, 9.17) is 14.2 Å². The third kappa shape index (κ3) is 4.52. The van der Waals surface area contributed by atoms with Crippen LogP contribution in [-0.4, -0.2) is 48.4 Å². The lowest BCUT2D eigenvalue weighted by Crippen LogP contribution is -2.33. The summed E-state index contributed by atoms with van der Waals surface area (Å²) >= 11 is 0. The van der Waals surface area contributed by atoms with Gasteiger partial charge in [0.15, 0.2) is 0 Å². The quantitative estimate of drug-likeness (QED) is 0.564. The highest BCUT2D eigenvalue weighted by Gasteiger charge is 2.40. The topological polar surface area (TPSA) is 99.1 Å². The van der Waals surface area contributed by atoms with E-state index in [2.05, 4.69) is 0 Å². The van der Waals surface area contributed by atoms with Crippen molar-refractivity contribution in [3.05, 3.63) is 22.8 Å². The molecule has 0 fully saturated rings. The molecule has 144 valence electrons. The molecule has 0 aromatic rings. The molecule has 0 radical (unpaired) electrons. The van der Waals surface area contributed by atoms with Crippen LogP contribution in [0.4, 0.5) is 0 Å². The minimum absolute atomic E-state index is 0.0567. The summed E-state index contributed by atoms with van der Waals surface area (Å²) in [5, 5.41) is 9.48. The number of hydrogen-bond donors (Lipinski definition) is 1. The number of aliphatic hydroxyl groups excluding tert-OH is 1. The van der Waals surface area contributed by atoms with Crippen molar-refractivity contribution in [1.82, 2.24) is 0 Å². The fraction of sp³-hybridized carbons (Fsp3) is 0.632. The van der Waals surface area contributed by atoms with Crippen molar-refractivity contribution >= 4 is 17.9 Å². The van der Waals surface area contributed by atoms with Gasteiger partial charge < -0.3 is 19.3 Å². The molecule has 1 heterocycles. The number of carbonyl (C=O) groups excluding carboxylic acids is 3. The smallest absolute Gasteiger partial charge is 0.337 e. The monoisotopic (exact) mass is 366 g/mol. The third-order valence-corrected chi connectivity index (χ3v) is 4.88. The zero-order valence-electron chi connectivity index (χ0n) is 15.6. The van der Waals surface area contributed by atoms with Gasteiger partial charge in [-0.05, 0) is 19.3 Å². The maximum Gasteiger partial charge on any atom is 0.337 e. The SMILES string of the molecule is CC(=O)OCC[C@H](OC(C)=O)[C@H]1C(C)=CC2=C(CO)C(=O)O[C@@H]2C[C@@H]1C. The average Bonchev–Trinajstić information content (AvgIpc) is 2.74. The van der Waals surface area contributed by atoms with Gasteiger partial charge in [0.1, 0.15) is 12.2 Å². The summed E-state index contributed by atoms with van der Waals surface area (Å²) in [6, 6.07) is 0. The van der Waals surface area contributed by atoms with Gasteiger partial charge >= 0.3 is 17.9 Å². The fourth-order valence-corrected chi connectivity index (χ4v) is 3.86. The molecule has 0 spiro atoms. The zero-order chi connectivity index (χ0) is 19.4. The normalized spacial score (nSPS) is 26.4. The highest BCUT2D eigenvalue weighted by molar-refractivity contribution is 5.93. The van der Waals surface area contributed by atoms with Crippen LogP contribution in [0.25, 0.3) is 0 Å². The Kier molecular flexibility index (Phi) is 6.58. The van der Waals surface area contributed by atoms with E-state index < -0.39 is 24.1 Å². The Morgan fingerprint density at radius 3 is 2.62 bits per heavy atom. The fourth-order valence-electron chi connectivity index (χ4n) is 3.86. The predicted molar refractivity (Wildman–Crippen MR) is 91.8 cm³/mol. The molecule has 0 saturated carbocycles. The van der Waals surface area contributed by atoms with Gasteiger partial charge in [-0.2, -0.15) is 0 Å². The zero-order valence-corrected chi connectivity index (χ0v) is 15.6. The van der Waals surface area contributed by atoms with Gasteiger partial charge in [-0.3, -0.25) is 9.59 Å². The molecule has 0 amide bonds. The van der Waals surface area contributed by atoms with Crippen LogP contribution in [0.15, 0.2) is 22.8 Å². The standard InChI is InChI=1S/C19H26O7/c1-10-7-14-15(9-20)19(23)26-17(14)8-11(2)18(10)16(25-13(4)22)5-6-24-12(3)21/h7,11,16-18,20H,5-6,8-9H2,1-4H3/t11-,16-,17+,18-/m0/s1. The Labute approximate surface area is 153 Å². The summed E-state index contributed by atoms with van der Waals surface area (Å²) in [7, 11) is 0. The highest BCUT2D eigenvalue weighted by Crippen LogP contribution is 2.40. The summed E-state index contributed by atoms with van der Waals surface area (Å²) < 4.78 is 15.9. The van der Waals surface area contributed by atoms with Gasteiger partial charge in [-0.1, -0.05) is 18.6 Å². The summed E-state index contributed by atoms with van der Waals surface area (Å²) in [5.74, 6) is -1.31. The maximum atomic E-state index is 11.9. The van der Waals surface area contributed by atoms with E-state index in [1.165, 1.54) is 13.8 Å². The lowest BCUT2D eigenvalue weighted by Gasteiger charge is -2.31. The molecule has 26 heavy (non-hydrogen) atoms. The van der Waals surface area contributed by atoms with E-state index in [0.29, 0.717) is 18.4 Å². The van der Waals surface area contributed by atoms with Gasteiger partial charge in [0.2, 0.25) is 0 Å². The van der Waals surface area contributed by atoms with E-state index in [1.807, 2.05) is 19.9 Å². The first-order valence-corrected chi connectivity index (χ1v) is 8.78. The van der Waals surface area contributed by atoms with Crippen LogP contribution >= 0.6 is 0 Å². The molecule has 0 aromatic heterocycles. The molecule has 2 aliphatic rings. The van der Waals surface area contributed by atoms with Gasteiger partial charge in [0.25, 0.3) is 0 Å². The van der Waals surface area contributed by atoms with Crippen molar-refractivity contribution in [2.24, 2.45) is 11.8 Å². The molecule has 0 saturated heterocycles. The van der Waals surface area contributed by atoms with Crippen LogP contribution in [0.1, 0.15) is 40.5 Å². The Morgan fingerprint density at radius 2 is 2.04 bits per heavy atom. The molecule has 2 rings (SSSR count). The highest BCUT2D eigenvalue weighted by atomic mass is 16.6. The van der Waals surface area contributed by atoms with E-state index in [9.17, 15) is 19.5 Å². The van der Waals surface area contributed by atoms with E-state index >= 15 is 0 Å². The number of fused-ring (bicyclic) bond motifs is 1. The van der Waals surface area contributed by atoms with E-state index in [-0.39, 0.29) is 36.6 Å². The third-order valence-electron chi connectivity index (χ3n) is 4.88. The first-order chi connectivity index (χ1) is 12.2. The summed E-state index contributed by atoms with van der Waals surface area (Å²) in [4.78, 5) is 34.5. The van der Waals surface area contributed by atoms with Crippen LogP contribution in [0, 0.1) is 11.8 Å². The summed E-state index contributed by atoms with van der Waals surface area (Å²) in [5.41, 5.74) is 1.92. The Hall–Kier alpha value is -2.15. The maximum absolute atomic E-state index is 11.9. The number of carbonyl (C=O) groups is 3. The Balaban J connectivity index is 2.30. The Bertz CT molecular complexity index is 646. The van der Waals surface area contributed by atoms with Gasteiger partial charge in [-0.25, -0.2) is 4.79 Å². The van der Waals surface area contributed by atoms with E-state index in [1.54, 1.807) is 0 Å². The van der Waals surface area contributed by atoms with Gasteiger partial charge in [-0.15, -0.1) is 0 Å². The first kappa shape index (κ1) is 20.2. The van der Waals surface area contributed by atoms with Crippen molar-refractivity contribution in [2.75, 3.05) is 13.2 Å². The molecule has 0 bridgehead atoms. The van der Waals surface area contributed by atoms with E-state index in [0.717, 1.165) is 5.57 Å². The molecule has 7 nitrogen and oxygen atoms in total. The second kappa shape index (κ2) is 8.49. The first-order valence-electron chi connectivity index (χ1n) is 8.78. The van der Waals surface area contributed by atoms with Crippen LogP contribution < -0.4 is 0 Å². The minimum Gasteiger partial charge on any atom is -0.466 e. The number of esters is 3. The summed E-state index contributed by atoms with van der Waals surface area (Å²) in [6.45, 7) is 6.40. The summed E-state index contributed by atoms with van der Waals surface area (Å²) in [6.07, 6.45) is 1.96. The van der Waals surface area contributed by atoms with Crippen LogP contribution in [0.2, 0.25) is 0 Å². The van der Waals surface area contributed by atoms with Crippen molar-refractivity contribution in [3.63, 3.8) is 0 Å². The van der Waals surface area contributed by atoms with Crippen molar-refractivity contribution in [1.29, 1.82) is 0 Å². The Morgan fingerprint density at radius 1 is 1.35 bits per heavy atom. The second-order valence-electron chi connectivity index (χ2n) is 6.89. The van der Waals surface area contributed by atoms with Crippen molar-refractivity contribution in [3.8, 4) is 0 Å². The molecule has 1 aliphatic heterocycles. The average molecular weight is 366 g/mol. The number of aliphatic hydroxyl groups is 1. The van der Waals surface area contributed by atoms with Crippen LogP contribution in [0.3, 0.4) is 0 Å². The predicted octanol–water partition coefficient (Wildman–Crippen LogP) is 1.69. The molecule has 7 heteroatoms.